The van der Waals surface area contributed by atoms with Crippen LogP contribution in [0.2, 0.25) is 0 Å². The van der Waals surface area contributed by atoms with Gasteiger partial charge >= 0.3 is 0 Å². The van der Waals surface area contributed by atoms with Crippen molar-refractivity contribution in [2.75, 3.05) is 26.2 Å². The van der Waals surface area contributed by atoms with Gasteiger partial charge in [-0.1, -0.05) is 26.0 Å². The number of carbonyl (C=O) groups is 2. The number of nitrogens with zero attached hydrogens (tertiary/aromatic N) is 5. The van der Waals surface area contributed by atoms with E-state index in [1.165, 1.54) is 15.8 Å². The molecule has 1 aliphatic carbocycles. The van der Waals surface area contributed by atoms with Gasteiger partial charge in [-0.25, -0.2) is 4.68 Å². The highest BCUT2D eigenvalue weighted by Gasteiger charge is 2.32. The summed E-state index contributed by atoms with van der Waals surface area (Å²) in [6.07, 6.45) is 4.33. The minimum atomic E-state index is -0.239. The van der Waals surface area contributed by atoms with E-state index in [0.717, 1.165) is 24.8 Å². The number of thiophene rings is 1. The molecule has 0 saturated carbocycles. The van der Waals surface area contributed by atoms with Gasteiger partial charge in [0.1, 0.15) is 6.54 Å². The molecular weight excluding hydrogens is 454 g/mol. The minimum Gasteiger partial charge on any atom is -0.459 e. The minimum absolute atomic E-state index is 0.150. The van der Waals surface area contributed by atoms with E-state index in [1.54, 1.807) is 33.3 Å². The van der Waals surface area contributed by atoms with Crippen LogP contribution in [0.25, 0.3) is 10.2 Å². The summed E-state index contributed by atoms with van der Waals surface area (Å²) in [6, 6.07) is 3.31. The fourth-order valence-corrected chi connectivity index (χ4v) is 6.15. The Morgan fingerprint density at radius 2 is 1.91 bits per heavy atom. The zero-order valence-corrected chi connectivity index (χ0v) is 20.6. The summed E-state index contributed by atoms with van der Waals surface area (Å²) < 4.78 is 6.37. The fourth-order valence-electron chi connectivity index (χ4n) is 4.91. The van der Waals surface area contributed by atoms with Crippen molar-refractivity contribution in [3.05, 3.63) is 45.0 Å². The van der Waals surface area contributed by atoms with Gasteiger partial charge in [-0.05, 0) is 48.3 Å². The molecule has 0 aromatic carbocycles. The Hall–Kier alpha value is -3.01. The molecule has 1 saturated heterocycles. The summed E-state index contributed by atoms with van der Waals surface area (Å²) in [5, 5.41) is 8.99. The summed E-state index contributed by atoms with van der Waals surface area (Å²) >= 11 is 1.56. The van der Waals surface area contributed by atoms with Crippen molar-refractivity contribution in [2.24, 2.45) is 11.3 Å². The molecule has 0 N–H and O–H groups in total. The van der Waals surface area contributed by atoms with Crippen LogP contribution >= 0.6 is 11.3 Å². The van der Waals surface area contributed by atoms with E-state index in [1.807, 2.05) is 0 Å². The molecule has 3 aromatic heterocycles. The predicted molar refractivity (Wildman–Crippen MR) is 128 cm³/mol. The molecule has 2 amide bonds. The topological polar surface area (TPSA) is 102 Å². The second kappa shape index (κ2) is 8.65. The van der Waals surface area contributed by atoms with Crippen LogP contribution in [0.1, 0.15) is 48.2 Å². The number of carbonyl (C=O) groups excluding carboxylic acids is 2. The van der Waals surface area contributed by atoms with Crippen LogP contribution in [0.15, 0.2) is 27.6 Å². The molecule has 180 valence electrons. The lowest BCUT2D eigenvalue weighted by Gasteiger charge is -2.34. The Balaban J connectivity index is 1.28. The van der Waals surface area contributed by atoms with E-state index in [0.29, 0.717) is 48.1 Å². The highest BCUT2D eigenvalue weighted by Crippen LogP contribution is 2.41. The summed E-state index contributed by atoms with van der Waals surface area (Å²) in [5.41, 5.74) is 1.07. The average molecular weight is 484 g/mol. The molecule has 5 rings (SSSR count). The molecule has 9 nitrogen and oxygen atoms in total. The number of hydrogen-bond donors (Lipinski definition) is 0. The molecule has 1 atom stereocenters. The summed E-state index contributed by atoms with van der Waals surface area (Å²) in [7, 11) is 0. The maximum absolute atomic E-state index is 13.3. The first kappa shape index (κ1) is 22.8. The van der Waals surface area contributed by atoms with Crippen molar-refractivity contribution in [3.63, 3.8) is 0 Å². The normalized spacial score (nSPS) is 18.9. The van der Waals surface area contributed by atoms with Crippen LogP contribution in [-0.4, -0.2) is 62.8 Å². The number of fused-ring (bicyclic) bond motifs is 3. The van der Waals surface area contributed by atoms with E-state index in [2.05, 4.69) is 31.1 Å². The zero-order chi connectivity index (χ0) is 24.0. The molecular formula is C24H29N5O4S. The lowest BCUT2D eigenvalue weighted by Crippen LogP contribution is -2.51. The molecule has 10 heteroatoms. The third-order valence-corrected chi connectivity index (χ3v) is 8.24. The summed E-state index contributed by atoms with van der Waals surface area (Å²) in [6.45, 7) is 8.28. The Morgan fingerprint density at radius 1 is 1.18 bits per heavy atom. The molecule has 0 bridgehead atoms. The third kappa shape index (κ3) is 4.15. The lowest BCUT2D eigenvalue weighted by atomic mass is 9.72. The Labute approximate surface area is 201 Å². The van der Waals surface area contributed by atoms with Gasteiger partial charge in [0.15, 0.2) is 10.6 Å². The number of aromatic nitrogens is 3. The highest BCUT2D eigenvalue weighted by molar-refractivity contribution is 7.18. The first-order valence-corrected chi connectivity index (χ1v) is 12.5. The monoisotopic (exact) mass is 483 g/mol. The Bertz CT molecular complexity index is 1280. The Kier molecular flexibility index (Phi) is 5.79. The average Bonchev–Trinajstić information content (AvgIpc) is 3.47. The van der Waals surface area contributed by atoms with Gasteiger partial charge in [0.05, 0.1) is 11.6 Å². The molecule has 4 heterocycles. The van der Waals surface area contributed by atoms with Crippen molar-refractivity contribution in [3.8, 4) is 0 Å². The highest BCUT2D eigenvalue weighted by atomic mass is 32.1. The van der Waals surface area contributed by atoms with Gasteiger partial charge < -0.3 is 14.2 Å². The zero-order valence-electron chi connectivity index (χ0n) is 19.7. The maximum Gasteiger partial charge on any atom is 0.289 e. The van der Waals surface area contributed by atoms with E-state index < -0.39 is 0 Å². The van der Waals surface area contributed by atoms with Gasteiger partial charge in [0.25, 0.3) is 11.5 Å². The third-order valence-electron chi connectivity index (χ3n) is 7.10. The van der Waals surface area contributed by atoms with Crippen molar-refractivity contribution in [1.29, 1.82) is 0 Å². The van der Waals surface area contributed by atoms with Crippen LogP contribution in [0, 0.1) is 11.3 Å². The molecule has 3 aromatic rings. The molecule has 1 aliphatic heterocycles. The van der Waals surface area contributed by atoms with Crippen molar-refractivity contribution < 1.29 is 14.0 Å². The van der Waals surface area contributed by atoms with Crippen LogP contribution in [0.5, 0.6) is 0 Å². The molecule has 2 aliphatic rings. The second-order valence-corrected chi connectivity index (χ2v) is 11.3. The molecule has 1 fully saturated rings. The van der Waals surface area contributed by atoms with Gasteiger partial charge in [-0.2, -0.15) is 0 Å². The van der Waals surface area contributed by atoms with E-state index >= 15 is 0 Å². The maximum atomic E-state index is 13.3. The van der Waals surface area contributed by atoms with Crippen LogP contribution < -0.4 is 5.56 Å². The molecule has 0 radical (unpaired) electrons. The number of furan rings is 1. The van der Waals surface area contributed by atoms with Crippen molar-refractivity contribution in [1.82, 2.24) is 24.8 Å². The Morgan fingerprint density at radius 3 is 2.59 bits per heavy atom. The standard InChI is InChI=1S/C24H29N5O4S/c1-24(2,3)15-6-7-16-18(13-15)34-21-20(16)23(32)29(26-25-21)14-19(30)27-8-10-28(11-9-27)22(31)17-5-4-12-33-17/h4-5,12,15H,6-11,13-14H2,1-3H3/t15-/m1/s1. The second-order valence-electron chi connectivity index (χ2n) is 10.2. The van der Waals surface area contributed by atoms with E-state index in [-0.39, 0.29) is 29.3 Å². The van der Waals surface area contributed by atoms with Crippen LogP contribution in [0.3, 0.4) is 0 Å². The number of amides is 2. The largest absolute Gasteiger partial charge is 0.459 e. The number of hydrogen-bond acceptors (Lipinski definition) is 7. The fraction of sp³-hybridized carbons (Fsp3) is 0.542. The first-order chi connectivity index (χ1) is 16.2. The molecule has 0 spiro atoms. The van der Waals surface area contributed by atoms with Gasteiger partial charge in [-0.15, -0.1) is 16.4 Å². The summed E-state index contributed by atoms with van der Waals surface area (Å²) in [4.78, 5) is 43.8. The molecule has 0 unspecified atom stereocenters. The van der Waals surface area contributed by atoms with Gasteiger partial charge in [-0.3, -0.25) is 14.4 Å². The van der Waals surface area contributed by atoms with Crippen LogP contribution in [0.4, 0.5) is 0 Å². The lowest BCUT2D eigenvalue weighted by molar-refractivity contribution is -0.133. The SMILES string of the molecule is CC(C)(C)[C@@H]1CCc2c(sc3nnn(CC(=O)N4CCN(C(=O)c5ccco5)CC4)c(=O)c23)C1. The van der Waals surface area contributed by atoms with Crippen LogP contribution in [-0.2, 0) is 24.2 Å². The first-order valence-electron chi connectivity index (χ1n) is 11.7. The van der Waals surface area contributed by atoms with Gasteiger partial charge in [0, 0.05) is 31.1 Å². The summed E-state index contributed by atoms with van der Waals surface area (Å²) in [5.74, 6) is 0.490. The number of aryl methyl sites for hydroxylation is 1. The van der Waals surface area contributed by atoms with E-state index in [9.17, 15) is 14.4 Å². The smallest absolute Gasteiger partial charge is 0.289 e. The predicted octanol–water partition coefficient (Wildman–Crippen LogP) is 2.58. The van der Waals surface area contributed by atoms with Crippen molar-refractivity contribution in [2.45, 2.75) is 46.6 Å². The molecule has 34 heavy (non-hydrogen) atoms. The van der Waals surface area contributed by atoms with Crippen molar-refractivity contribution >= 4 is 33.4 Å². The van der Waals surface area contributed by atoms with Gasteiger partial charge in [0.2, 0.25) is 5.91 Å². The number of rotatable bonds is 3. The van der Waals surface area contributed by atoms with E-state index in [4.69, 9.17) is 4.42 Å². The quantitative estimate of drug-likeness (QED) is 0.568. The number of piperazine rings is 1.